The Labute approximate surface area is 161 Å². The van der Waals surface area contributed by atoms with E-state index in [1.54, 1.807) is 12.1 Å². The van der Waals surface area contributed by atoms with Gasteiger partial charge in [0.2, 0.25) is 0 Å². The number of benzene rings is 2. The molecular formula is C18H18Cl2N2O4. The third-order valence-corrected chi connectivity index (χ3v) is 5.22. The van der Waals surface area contributed by atoms with E-state index in [0.29, 0.717) is 34.3 Å². The highest BCUT2D eigenvalue weighted by Crippen LogP contribution is 2.41. The molecule has 0 bridgehead atoms. The van der Waals surface area contributed by atoms with Crippen LogP contribution in [-0.2, 0) is 13.0 Å². The van der Waals surface area contributed by atoms with Gasteiger partial charge < -0.3 is 9.84 Å². The lowest BCUT2D eigenvalue weighted by atomic mass is 10.0. The number of non-ortho nitro benzene ring substituents is 1. The first-order valence-electron chi connectivity index (χ1n) is 7.99. The van der Waals surface area contributed by atoms with Crippen LogP contribution in [0.1, 0.15) is 22.7 Å². The van der Waals surface area contributed by atoms with Crippen molar-refractivity contribution >= 4 is 28.9 Å². The molecule has 1 aliphatic rings. The Morgan fingerprint density at radius 1 is 1.35 bits per heavy atom. The van der Waals surface area contributed by atoms with Crippen LogP contribution in [0.15, 0.2) is 30.3 Å². The molecule has 0 aromatic heterocycles. The molecule has 0 heterocycles. The van der Waals surface area contributed by atoms with Crippen LogP contribution in [0.5, 0.6) is 5.75 Å². The van der Waals surface area contributed by atoms with E-state index in [-0.39, 0.29) is 11.7 Å². The van der Waals surface area contributed by atoms with E-state index in [4.69, 9.17) is 27.9 Å². The molecule has 1 N–H and O–H groups in total. The lowest BCUT2D eigenvalue weighted by molar-refractivity contribution is -0.385. The molecule has 1 aliphatic carbocycles. The van der Waals surface area contributed by atoms with Crippen molar-refractivity contribution in [3.8, 4) is 5.75 Å². The Kier molecular flexibility index (Phi) is 5.39. The van der Waals surface area contributed by atoms with Crippen molar-refractivity contribution in [2.75, 3.05) is 14.2 Å². The SMILES string of the molecule is COc1ccc([N+](=O)[O-])cc1CN(C)C1c2cc(Cl)cc(Cl)c2CC1O. The largest absolute Gasteiger partial charge is 0.496 e. The van der Waals surface area contributed by atoms with Crippen LogP contribution in [0.4, 0.5) is 5.69 Å². The van der Waals surface area contributed by atoms with Crippen LogP contribution in [0.3, 0.4) is 0 Å². The van der Waals surface area contributed by atoms with Crippen LogP contribution in [0, 0.1) is 10.1 Å². The second kappa shape index (κ2) is 7.40. The molecule has 2 aromatic carbocycles. The highest BCUT2D eigenvalue weighted by atomic mass is 35.5. The van der Waals surface area contributed by atoms with Gasteiger partial charge in [-0.15, -0.1) is 0 Å². The molecule has 2 unspecified atom stereocenters. The molecule has 8 heteroatoms. The molecule has 0 spiro atoms. The smallest absolute Gasteiger partial charge is 0.270 e. The number of nitro benzene ring substituents is 1. The number of ether oxygens (including phenoxy) is 1. The van der Waals surface area contributed by atoms with Gasteiger partial charge in [0.05, 0.1) is 24.2 Å². The molecule has 2 atom stereocenters. The molecule has 26 heavy (non-hydrogen) atoms. The van der Waals surface area contributed by atoms with Gasteiger partial charge in [-0.3, -0.25) is 15.0 Å². The predicted octanol–water partition coefficient (Wildman–Crippen LogP) is 4.00. The third kappa shape index (κ3) is 3.50. The number of halogens is 2. The van der Waals surface area contributed by atoms with Crippen molar-refractivity contribution in [2.24, 2.45) is 0 Å². The number of nitro groups is 1. The second-order valence-electron chi connectivity index (χ2n) is 6.34. The van der Waals surface area contributed by atoms with Crippen molar-refractivity contribution in [1.29, 1.82) is 0 Å². The topological polar surface area (TPSA) is 75.8 Å². The number of hydrogen-bond acceptors (Lipinski definition) is 5. The van der Waals surface area contributed by atoms with Crippen molar-refractivity contribution < 1.29 is 14.8 Å². The molecule has 0 aliphatic heterocycles. The zero-order valence-corrected chi connectivity index (χ0v) is 15.8. The molecule has 138 valence electrons. The number of rotatable bonds is 5. The molecule has 6 nitrogen and oxygen atoms in total. The van der Waals surface area contributed by atoms with Crippen LogP contribution in [-0.4, -0.2) is 35.2 Å². The van der Waals surface area contributed by atoms with E-state index < -0.39 is 11.0 Å². The fraction of sp³-hybridized carbons (Fsp3) is 0.333. The number of nitrogens with zero attached hydrogens (tertiary/aromatic N) is 2. The van der Waals surface area contributed by atoms with Gasteiger partial charge in [0, 0.05) is 40.7 Å². The van der Waals surface area contributed by atoms with Crippen molar-refractivity contribution in [2.45, 2.75) is 25.1 Å². The lowest BCUT2D eigenvalue weighted by Crippen LogP contribution is -2.30. The van der Waals surface area contributed by atoms with Crippen LogP contribution < -0.4 is 4.74 Å². The average Bonchev–Trinajstić information content (AvgIpc) is 2.91. The van der Waals surface area contributed by atoms with E-state index >= 15 is 0 Å². The van der Waals surface area contributed by atoms with Gasteiger partial charge in [0.25, 0.3) is 5.69 Å². The number of aliphatic hydroxyl groups is 1. The van der Waals surface area contributed by atoms with Gasteiger partial charge >= 0.3 is 0 Å². The Bertz CT molecular complexity index is 859. The maximum atomic E-state index is 11.1. The quantitative estimate of drug-likeness (QED) is 0.610. The highest BCUT2D eigenvalue weighted by molar-refractivity contribution is 6.35. The first-order valence-corrected chi connectivity index (χ1v) is 8.74. The summed E-state index contributed by atoms with van der Waals surface area (Å²) in [5.41, 5.74) is 2.42. The van der Waals surface area contributed by atoms with E-state index in [1.807, 2.05) is 18.0 Å². The molecule has 3 rings (SSSR count). The molecule has 0 radical (unpaired) electrons. The van der Waals surface area contributed by atoms with E-state index in [0.717, 1.165) is 11.1 Å². The Balaban J connectivity index is 1.93. The van der Waals surface area contributed by atoms with Gasteiger partial charge in [0.15, 0.2) is 0 Å². The zero-order valence-electron chi connectivity index (χ0n) is 14.3. The van der Waals surface area contributed by atoms with Gasteiger partial charge in [0.1, 0.15) is 5.75 Å². The van der Waals surface area contributed by atoms with E-state index in [1.165, 1.54) is 19.2 Å². The fourth-order valence-electron chi connectivity index (χ4n) is 3.53. The molecule has 0 saturated carbocycles. The van der Waals surface area contributed by atoms with E-state index in [9.17, 15) is 15.2 Å². The number of aliphatic hydroxyl groups excluding tert-OH is 1. The summed E-state index contributed by atoms with van der Waals surface area (Å²) in [4.78, 5) is 12.5. The lowest BCUT2D eigenvalue weighted by Gasteiger charge is -2.28. The Morgan fingerprint density at radius 2 is 2.08 bits per heavy atom. The number of fused-ring (bicyclic) bond motifs is 1. The summed E-state index contributed by atoms with van der Waals surface area (Å²) in [6, 6.07) is 7.63. The number of likely N-dealkylation sites (N-methyl/N-ethyl adjacent to an activating group) is 1. The minimum atomic E-state index is -0.643. The van der Waals surface area contributed by atoms with Crippen molar-refractivity contribution in [3.05, 3.63) is 67.2 Å². The fourth-order valence-corrected chi connectivity index (χ4v) is 4.12. The number of methoxy groups -OCH3 is 1. The normalized spacial score (nSPS) is 18.8. The summed E-state index contributed by atoms with van der Waals surface area (Å²) in [5, 5.41) is 22.7. The molecule has 0 fully saturated rings. The average molecular weight is 397 g/mol. The Hall–Kier alpha value is -1.86. The monoisotopic (exact) mass is 396 g/mol. The summed E-state index contributed by atoms with van der Waals surface area (Å²) < 4.78 is 5.32. The summed E-state index contributed by atoms with van der Waals surface area (Å²) in [5.74, 6) is 0.555. The second-order valence-corrected chi connectivity index (χ2v) is 7.18. The summed E-state index contributed by atoms with van der Waals surface area (Å²) in [6.07, 6.45) is -0.206. The van der Waals surface area contributed by atoms with Crippen LogP contribution in [0.25, 0.3) is 0 Å². The number of hydrogen-bond donors (Lipinski definition) is 1. The third-order valence-electron chi connectivity index (χ3n) is 4.66. The maximum Gasteiger partial charge on any atom is 0.270 e. The molecule has 0 amide bonds. The molecule has 0 saturated heterocycles. The standard InChI is InChI=1S/C18H18Cl2N2O4/c1-21(9-10-5-12(22(24)25)3-4-17(10)26-2)18-14-6-11(19)7-15(20)13(14)8-16(18)23/h3-7,16,18,23H,8-9H2,1-2H3. The highest BCUT2D eigenvalue weighted by Gasteiger charge is 2.36. The van der Waals surface area contributed by atoms with Crippen molar-refractivity contribution in [3.63, 3.8) is 0 Å². The first kappa shape index (κ1) is 18.9. The minimum Gasteiger partial charge on any atom is -0.496 e. The summed E-state index contributed by atoms with van der Waals surface area (Å²) >= 11 is 12.4. The van der Waals surface area contributed by atoms with Crippen molar-refractivity contribution in [1.82, 2.24) is 4.90 Å². The Morgan fingerprint density at radius 3 is 2.73 bits per heavy atom. The van der Waals surface area contributed by atoms with Crippen LogP contribution >= 0.6 is 23.2 Å². The maximum absolute atomic E-state index is 11.1. The summed E-state index contributed by atoms with van der Waals surface area (Å²) in [6.45, 7) is 0.357. The van der Waals surface area contributed by atoms with Crippen LogP contribution in [0.2, 0.25) is 10.0 Å². The molecular weight excluding hydrogens is 379 g/mol. The minimum absolute atomic E-state index is 0.00680. The predicted molar refractivity (Wildman–Crippen MR) is 100 cm³/mol. The van der Waals surface area contributed by atoms with Gasteiger partial charge in [-0.25, -0.2) is 0 Å². The van der Waals surface area contributed by atoms with Gasteiger partial charge in [-0.1, -0.05) is 23.2 Å². The summed E-state index contributed by atoms with van der Waals surface area (Å²) in [7, 11) is 3.36. The van der Waals surface area contributed by atoms with Gasteiger partial charge in [-0.2, -0.15) is 0 Å². The first-order chi connectivity index (χ1) is 12.3. The molecule has 2 aromatic rings. The van der Waals surface area contributed by atoms with Gasteiger partial charge in [-0.05, 0) is 36.4 Å². The zero-order chi connectivity index (χ0) is 19.0. The van der Waals surface area contributed by atoms with E-state index in [2.05, 4.69) is 0 Å².